The molecule has 122 valence electrons. The van der Waals surface area contributed by atoms with Crippen LogP contribution in [-0.4, -0.2) is 22.0 Å². The second kappa shape index (κ2) is 6.80. The zero-order valence-electron chi connectivity index (χ0n) is 13.8. The summed E-state index contributed by atoms with van der Waals surface area (Å²) in [5, 5.41) is 12.9. The smallest absolute Gasteiger partial charge is 0.182 e. The second-order valence-corrected chi connectivity index (χ2v) is 7.62. The largest absolute Gasteiger partial charge is 0.365 e. The zero-order chi connectivity index (χ0) is 16.4. The van der Waals surface area contributed by atoms with Gasteiger partial charge >= 0.3 is 0 Å². The van der Waals surface area contributed by atoms with E-state index in [0.717, 1.165) is 33.7 Å². The Morgan fingerprint density at radius 3 is 2.65 bits per heavy atom. The standard InChI is InChI=1S/C16H21N5S2/c1-9(2)5-11-7-22-15-13(11)14(19-10(3)20-15)18-6-12-8-23-16(17-4)21-12/h7-9H,5-6H2,1-4H3,(H,17,21)(H,18,19,20). The Labute approximate surface area is 144 Å². The molecular formula is C16H21N5S2. The number of thiazole rings is 1. The van der Waals surface area contributed by atoms with E-state index in [-0.39, 0.29) is 0 Å². The summed E-state index contributed by atoms with van der Waals surface area (Å²) in [5.74, 6) is 2.33. The van der Waals surface area contributed by atoms with E-state index in [2.05, 4.69) is 50.2 Å². The molecule has 3 rings (SSSR count). The minimum absolute atomic E-state index is 0.610. The number of rotatable bonds is 6. The highest BCUT2D eigenvalue weighted by molar-refractivity contribution is 7.17. The minimum atomic E-state index is 0.610. The van der Waals surface area contributed by atoms with Crippen LogP contribution in [0.1, 0.15) is 30.9 Å². The lowest BCUT2D eigenvalue weighted by Crippen LogP contribution is -2.05. The molecule has 0 aromatic carbocycles. The van der Waals surface area contributed by atoms with Gasteiger partial charge in [-0.25, -0.2) is 15.0 Å². The Morgan fingerprint density at radius 1 is 1.13 bits per heavy atom. The maximum absolute atomic E-state index is 4.63. The molecule has 0 bridgehead atoms. The second-order valence-electron chi connectivity index (χ2n) is 5.91. The molecule has 0 aliphatic heterocycles. The zero-order valence-corrected chi connectivity index (χ0v) is 15.4. The Bertz CT molecular complexity index is 806. The van der Waals surface area contributed by atoms with Crippen molar-refractivity contribution in [1.82, 2.24) is 15.0 Å². The van der Waals surface area contributed by atoms with Gasteiger partial charge in [-0.05, 0) is 30.2 Å². The molecule has 2 N–H and O–H groups in total. The van der Waals surface area contributed by atoms with E-state index < -0.39 is 0 Å². The quantitative estimate of drug-likeness (QED) is 0.696. The van der Waals surface area contributed by atoms with Crippen molar-refractivity contribution >= 4 is 43.8 Å². The third-order valence-electron chi connectivity index (χ3n) is 3.45. The first-order valence-electron chi connectivity index (χ1n) is 7.67. The molecule has 0 aliphatic rings. The van der Waals surface area contributed by atoms with Gasteiger partial charge in [0, 0.05) is 12.4 Å². The fourth-order valence-corrected chi connectivity index (χ4v) is 4.17. The monoisotopic (exact) mass is 347 g/mol. The summed E-state index contributed by atoms with van der Waals surface area (Å²) < 4.78 is 0. The van der Waals surface area contributed by atoms with Gasteiger partial charge in [-0.1, -0.05) is 13.8 Å². The summed E-state index contributed by atoms with van der Waals surface area (Å²) in [7, 11) is 1.89. The average molecular weight is 348 g/mol. The van der Waals surface area contributed by atoms with Crippen molar-refractivity contribution in [3.63, 3.8) is 0 Å². The van der Waals surface area contributed by atoms with E-state index in [9.17, 15) is 0 Å². The molecule has 0 spiro atoms. The maximum atomic E-state index is 4.63. The number of hydrogen-bond acceptors (Lipinski definition) is 7. The number of fused-ring (bicyclic) bond motifs is 1. The average Bonchev–Trinajstić information content (AvgIpc) is 3.11. The molecule has 0 amide bonds. The van der Waals surface area contributed by atoms with E-state index in [4.69, 9.17) is 0 Å². The molecule has 3 aromatic heterocycles. The number of aryl methyl sites for hydroxylation is 1. The van der Waals surface area contributed by atoms with Crippen LogP contribution in [0.5, 0.6) is 0 Å². The van der Waals surface area contributed by atoms with Crippen LogP contribution in [0.3, 0.4) is 0 Å². The molecule has 0 radical (unpaired) electrons. The molecule has 0 aliphatic carbocycles. The van der Waals surface area contributed by atoms with E-state index in [1.807, 2.05) is 14.0 Å². The highest BCUT2D eigenvalue weighted by Crippen LogP contribution is 2.32. The van der Waals surface area contributed by atoms with E-state index in [0.29, 0.717) is 12.5 Å². The van der Waals surface area contributed by atoms with Gasteiger partial charge in [0.1, 0.15) is 16.5 Å². The first-order chi connectivity index (χ1) is 11.1. The third-order valence-corrected chi connectivity index (χ3v) is 5.28. The van der Waals surface area contributed by atoms with E-state index >= 15 is 0 Å². The first-order valence-corrected chi connectivity index (χ1v) is 9.43. The van der Waals surface area contributed by atoms with Crippen molar-refractivity contribution in [2.45, 2.75) is 33.7 Å². The Morgan fingerprint density at radius 2 is 1.96 bits per heavy atom. The van der Waals surface area contributed by atoms with Crippen molar-refractivity contribution < 1.29 is 0 Å². The Kier molecular flexibility index (Phi) is 4.77. The van der Waals surface area contributed by atoms with Gasteiger partial charge in [0.25, 0.3) is 0 Å². The molecule has 3 heterocycles. The van der Waals surface area contributed by atoms with Crippen LogP contribution in [-0.2, 0) is 13.0 Å². The van der Waals surface area contributed by atoms with Gasteiger partial charge < -0.3 is 10.6 Å². The predicted octanol–water partition coefficient (Wildman–Crippen LogP) is 4.31. The van der Waals surface area contributed by atoms with E-state index in [1.54, 1.807) is 22.7 Å². The van der Waals surface area contributed by atoms with Crippen molar-refractivity contribution in [2.24, 2.45) is 5.92 Å². The highest BCUT2D eigenvalue weighted by Gasteiger charge is 2.14. The number of thiophene rings is 1. The lowest BCUT2D eigenvalue weighted by molar-refractivity contribution is 0.651. The van der Waals surface area contributed by atoms with E-state index in [1.165, 1.54) is 10.9 Å². The minimum Gasteiger partial charge on any atom is -0.365 e. The molecule has 0 saturated heterocycles. The Hall–Kier alpha value is -1.73. The fourth-order valence-electron chi connectivity index (χ4n) is 2.50. The third kappa shape index (κ3) is 3.61. The Balaban J connectivity index is 1.90. The summed E-state index contributed by atoms with van der Waals surface area (Å²) in [6.45, 7) is 7.08. The van der Waals surface area contributed by atoms with Gasteiger partial charge in [0.2, 0.25) is 0 Å². The van der Waals surface area contributed by atoms with Crippen LogP contribution in [0.15, 0.2) is 10.8 Å². The molecule has 3 aromatic rings. The first kappa shape index (κ1) is 16.1. The topological polar surface area (TPSA) is 62.7 Å². The molecule has 7 heteroatoms. The van der Waals surface area contributed by atoms with Crippen molar-refractivity contribution in [1.29, 1.82) is 0 Å². The van der Waals surface area contributed by atoms with Gasteiger partial charge in [-0.2, -0.15) is 0 Å². The van der Waals surface area contributed by atoms with Crippen LogP contribution in [0.2, 0.25) is 0 Å². The maximum Gasteiger partial charge on any atom is 0.182 e. The van der Waals surface area contributed by atoms with Crippen LogP contribution in [0, 0.1) is 12.8 Å². The van der Waals surface area contributed by atoms with Gasteiger partial charge in [0.05, 0.1) is 17.6 Å². The number of anilines is 2. The molecule has 0 atom stereocenters. The SMILES string of the molecule is CNc1nc(CNc2nc(C)nc3scc(CC(C)C)c23)cs1. The molecule has 0 saturated carbocycles. The summed E-state index contributed by atoms with van der Waals surface area (Å²) >= 11 is 3.31. The summed E-state index contributed by atoms with van der Waals surface area (Å²) in [6, 6.07) is 0. The van der Waals surface area contributed by atoms with Crippen molar-refractivity contribution in [3.05, 3.63) is 27.8 Å². The number of nitrogens with zero attached hydrogens (tertiary/aromatic N) is 3. The summed E-state index contributed by atoms with van der Waals surface area (Å²) in [5.41, 5.74) is 2.35. The van der Waals surface area contributed by atoms with Crippen LogP contribution in [0.25, 0.3) is 10.2 Å². The van der Waals surface area contributed by atoms with Gasteiger partial charge in [-0.3, -0.25) is 0 Å². The van der Waals surface area contributed by atoms with Crippen LogP contribution < -0.4 is 10.6 Å². The van der Waals surface area contributed by atoms with Crippen molar-refractivity contribution in [3.8, 4) is 0 Å². The van der Waals surface area contributed by atoms with Gasteiger partial charge in [0.15, 0.2) is 5.13 Å². The highest BCUT2D eigenvalue weighted by atomic mass is 32.1. The van der Waals surface area contributed by atoms with Crippen LogP contribution >= 0.6 is 22.7 Å². The molecule has 0 fully saturated rings. The molecule has 0 unspecified atom stereocenters. The normalized spacial score (nSPS) is 11.3. The van der Waals surface area contributed by atoms with Crippen LogP contribution in [0.4, 0.5) is 10.9 Å². The lowest BCUT2D eigenvalue weighted by Gasteiger charge is -2.09. The number of nitrogens with one attached hydrogen (secondary N) is 2. The number of aromatic nitrogens is 3. The van der Waals surface area contributed by atoms with Crippen molar-refractivity contribution in [2.75, 3.05) is 17.7 Å². The fraction of sp³-hybridized carbons (Fsp3) is 0.438. The van der Waals surface area contributed by atoms with Gasteiger partial charge in [-0.15, -0.1) is 22.7 Å². The molecule has 23 heavy (non-hydrogen) atoms. The lowest BCUT2D eigenvalue weighted by atomic mass is 10.0. The predicted molar refractivity (Wildman–Crippen MR) is 99.7 cm³/mol. The summed E-state index contributed by atoms with van der Waals surface area (Å²) in [6.07, 6.45) is 1.04. The molecule has 5 nitrogen and oxygen atoms in total. The molecular weight excluding hydrogens is 326 g/mol. The summed E-state index contributed by atoms with van der Waals surface area (Å²) in [4.78, 5) is 14.8. The number of hydrogen-bond donors (Lipinski definition) is 2.